The summed E-state index contributed by atoms with van der Waals surface area (Å²) >= 11 is 0. The van der Waals surface area contributed by atoms with Crippen molar-refractivity contribution in [1.82, 2.24) is 0 Å². The minimum Gasteiger partial charge on any atom is -0.497 e. The Kier molecular flexibility index (Phi) is 5.50. The third kappa shape index (κ3) is 3.67. The molecule has 1 aliphatic carbocycles. The van der Waals surface area contributed by atoms with Crippen molar-refractivity contribution >= 4 is 29.1 Å². The quantitative estimate of drug-likeness (QED) is 0.589. The molecule has 7 heteroatoms. The molecule has 2 aromatic rings. The summed E-state index contributed by atoms with van der Waals surface area (Å²) in [5.74, 6) is -0.435. The maximum absolute atomic E-state index is 13.0. The summed E-state index contributed by atoms with van der Waals surface area (Å²) in [4.78, 5) is 40.1. The zero-order chi connectivity index (χ0) is 22.1. The number of amides is 3. The number of ether oxygens (including phenoxy) is 2. The van der Waals surface area contributed by atoms with E-state index in [1.54, 1.807) is 42.5 Å². The Labute approximate surface area is 180 Å². The molecule has 0 bridgehead atoms. The molecule has 1 saturated heterocycles. The molecule has 1 heterocycles. The SMILES string of the molecule is COc1ccc(OC)c(NC(=O)c2cccc(N3C(=O)[C@H]4[C@H](CC=C[C@@H]4C)C3=O)c2)c1. The summed E-state index contributed by atoms with van der Waals surface area (Å²) in [6, 6.07) is 11.6. The molecule has 3 amide bonds. The van der Waals surface area contributed by atoms with Crippen LogP contribution in [0.15, 0.2) is 54.6 Å². The number of carbonyl (C=O) groups excluding carboxylic acids is 3. The highest BCUT2D eigenvalue weighted by Crippen LogP contribution is 2.40. The number of hydrogen-bond acceptors (Lipinski definition) is 5. The zero-order valence-electron chi connectivity index (χ0n) is 17.6. The molecule has 0 saturated carbocycles. The minimum atomic E-state index is -0.389. The topological polar surface area (TPSA) is 84.9 Å². The monoisotopic (exact) mass is 420 g/mol. The Morgan fingerprint density at radius 1 is 1.06 bits per heavy atom. The van der Waals surface area contributed by atoms with E-state index < -0.39 is 0 Å². The van der Waals surface area contributed by atoms with Crippen LogP contribution in [0.5, 0.6) is 11.5 Å². The van der Waals surface area contributed by atoms with Gasteiger partial charge in [-0.1, -0.05) is 25.1 Å². The number of benzene rings is 2. The van der Waals surface area contributed by atoms with Crippen LogP contribution in [-0.2, 0) is 9.59 Å². The first-order valence-electron chi connectivity index (χ1n) is 10.1. The number of anilines is 2. The fraction of sp³-hybridized carbons (Fsp3) is 0.292. The van der Waals surface area contributed by atoms with Gasteiger partial charge in [-0.25, -0.2) is 0 Å². The Morgan fingerprint density at radius 2 is 1.87 bits per heavy atom. The molecular formula is C24H24N2O5. The fourth-order valence-electron chi connectivity index (χ4n) is 4.29. The van der Waals surface area contributed by atoms with Gasteiger partial charge in [0.25, 0.3) is 5.91 Å². The van der Waals surface area contributed by atoms with E-state index in [1.807, 2.05) is 19.1 Å². The van der Waals surface area contributed by atoms with Gasteiger partial charge in [-0.05, 0) is 42.7 Å². The number of fused-ring (bicyclic) bond motifs is 1. The van der Waals surface area contributed by atoms with Crippen molar-refractivity contribution in [1.29, 1.82) is 0 Å². The van der Waals surface area contributed by atoms with Gasteiger partial charge in [0.2, 0.25) is 11.8 Å². The van der Waals surface area contributed by atoms with Crippen LogP contribution in [0, 0.1) is 17.8 Å². The van der Waals surface area contributed by atoms with Crippen molar-refractivity contribution in [3.63, 3.8) is 0 Å². The van der Waals surface area contributed by atoms with Crippen molar-refractivity contribution in [2.75, 3.05) is 24.4 Å². The second-order valence-corrected chi connectivity index (χ2v) is 7.74. The molecule has 0 aromatic heterocycles. The van der Waals surface area contributed by atoms with Crippen LogP contribution in [-0.4, -0.2) is 31.9 Å². The van der Waals surface area contributed by atoms with E-state index in [0.29, 0.717) is 34.9 Å². The number of allylic oxidation sites excluding steroid dienone is 2. The molecule has 1 fully saturated rings. The Balaban J connectivity index is 1.60. The van der Waals surface area contributed by atoms with Gasteiger partial charge in [0.1, 0.15) is 11.5 Å². The first kappa shape index (κ1) is 20.7. The predicted octanol–water partition coefficient (Wildman–Crippen LogP) is 3.66. The summed E-state index contributed by atoms with van der Waals surface area (Å²) < 4.78 is 10.5. The molecule has 0 unspecified atom stereocenters. The summed E-state index contributed by atoms with van der Waals surface area (Å²) in [6.45, 7) is 1.95. The van der Waals surface area contributed by atoms with E-state index in [2.05, 4.69) is 5.32 Å². The number of hydrogen-bond donors (Lipinski definition) is 1. The van der Waals surface area contributed by atoms with Crippen molar-refractivity contribution in [2.45, 2.75) is 13.3 Å². The van der Waals surface area contributed by atoms with Gasteiger partial charge in [-0.15, -0.1) is 0 Å². The standard InChI is InChI=1S/C24H24N2O5/c1-14-6-4-9-18-21(14)24(29)26(23(18)28)16-8-5-7-15(12-16)22(27)25-19-13-17(30-2)10-11-20(19)31-3/h4-8,10-14,18,21H,9H2,1-3H3,(H,25,27)/t14-,18-,21+/m0/s1. The summed E-state index contributed by atoms with van der Waals surface area (Å²) in [5.41, 5.74) is 1.18. The predicted molar refractivity (Wildman–Crippen MR) is 116 cm³/mol. The molecular weight excluding hydrogens is 396 g/mol. The molecule has 2 aromatic carbocycles. The average molecular weight is 420 g/mol. The maximum Gasteiger partial charge on any atom is 0.255 e. The largest absolute Gasteiger partial charge is 0.497 e. The molecule has 31 heavy (non-hydrogen) atoms. The van der Waals surface area contributed by atoms with Crippen LogP contribution >= 0.6 is 0 Å². The molecule has 1 aliphatic heterocycles. The van der Waals surface area contributed by atoms with Gasteiger partial charge in [-0.3, -0.25) is 19.3 Å². The van der Waals surface area contributed by atoms with Gasteiger partial charge < -0.3 is 14.8 Å². The lowest BCUT2D eigenvalue weighted by molar-refractivity contribution is -0.122. The highest BCUT2D eigenvalue weighted by molar-refractivity contribution is 6.22. The van der Waals surface area contributed by atoms with Crippen LogP contribution < -0.4 is 19.7 Å². The van der Waals surface area contributed by atoms with Gasteiger partial charge >= 0.3 is 0 Å². The lowest BCUT2D eigenvalue weighted by atomic mass is 9.78. The van der Waals surface area contributed by atoms with Crippen molar-refractivity contribution in [3.8, 4) is 11.5 Å². The lowest BCUT2D eigenvalue weighted by Gasteiger charge is -2.22. The number of carbonyl (C=O) groups is 3. The molecule has 2 aliphatic rings. The molecule has 0 radical (unpaired) electrons. The van der Waals surface area contributed by atoms with E-state index in [1.165, 1.54) is 19.1 Å². The molecule has 3 atom stereocenters. The Bertz CT molecular complexity index is 1080. The Morgan fingerprint density at radius 3 is 2.58 bits per heavy atom. The van der Waals surface area contributed by atoms with Crippen LogP contribution in [0.2, 0.25) is 0 Å². The maximum atomic E-state index is 13.0. The lowest BCUT2D eigenvalue weighted by Crippen LogP contribution is -2.31. The van der Waals surface area contributed by atoms with Crippen molar-refractivity contribution < 1.29 is 23.9 Å². The van der Waals surface area contributed by atoms with Gasteiger partial charge in [-0.2, -0.15) is 0 Å². The summed E-state index contributed by atoms with van der Waals surface area (Å²) in [7, 11) is 3.05. The summed E-state index contributed by atoms with van der Waals surface area (Å²) in [5, 5.41) is 2.81. The molecule has 160 valence electrons. The van der Waals surface area contributed by atoms with Gasteiger partial charge in [0.05, 0.1) is 37.4 Å². The average Bonchev–Trinajstić information content (AvgIpc) is 3.04. The van der Waals surface area contributed by atoms with E-state index in [-0.39, 0.29) is 35.5 Å². The second kappa shape index (κ2) is 8.26. The van der Waals surface area contributed by atoms with E-state index >= 15 is 0 Å². The van der Waals surface area contributed by atoms with E-state index in [9.17, 15) is 14.4 Å². The Hall–Kier alpha value is -3.61. The minimum absolute atomic E-state index is 0.00667. The molecule has 7 nitrogen and oxygen atoms in total. The zero-order valence-corrected chi connectivity index (χ0v) is 17.6. The van der Waals surface area contributed by atoms with Crippen LogP contribution in [0.25, 0.3) is 0 Å². The summed E-state index contributed by atoms with van der Waals surface area (Å²) in [6.07, 6.45) is 4.51. The number of imide groups is 1. The normalized spacial score (nSPS) is 22.3. The van der Waals surface area contributed by atoms with E-state index in [0.717, 1.165) is 0 Å². The molecule has 4 rings (SSSR count). The van der Waals surface area contributed by atoms with E-state index in [4.69, 9.17) is 9.47 Å². The molecule has 0 spiro atoms. The second-order valence-electron chi connectivity index (χ2n) is 7.74. The number of nitrogens with one attached hydrogen (secondary N) is 1. The third-order valence-electron chi connectivity index (χ3n) is 5.89. The van der Waals surface area contributed by atoms with Crippen LogP contribution in [0.3, 0.4) is 0 Å². The first-order valence-corrected chi connectivity index (χ1v) is 10.1. The smallest absolute Gasteiger partial charge is 0.255 e. The first-order chi connectivity index (χ1) is 14.9. The third-order valence-corrected chi connectivity index (χ3v) is 5.89. The molecule has 1 N–H and O–H groups in total. The van der Waals surface area contributed by atoms with Crippen molar-refractivity contribution in [3.05, 3.63) is 60.2 Å². The number of nitrogens with zero attached hydrogens (tertiary/aromatic N) is 1. The van der Waals surface area contributed by atoms with Gasteiger partial charge in [0, 0.05) is 11.6 Å². The van der Waals surface area contributed by atoms with Crippen LogP contribution in [0.4, 0.5) is 11.4 Å². The van der Waals surface area contributed by atoms with Gasteiger partial charge in [0.15, 0.2) is 0 Å². The van der Waals surface area contributed by atoms with Crippen molar-refractivity contribution in [2.24, 2.45) is 17.8 Å². The van der Waals surface area contributed by atoms with Crippen LogP contribution in [0.1, 0.15) is 23.7 Å². The highest BCUT2D eigenvalue weighted by atomic mass is 16.5. The highest BCUT2D eigenvalue weighted by Gasteiger charge is 2.50. The fourth-order valence-corrected chi connectivity index (χ4v) is 4.29. The number of rotatable bonds is 5. The number of methoxy groups -OCH3 is 2.